The molecule has 3 amide bonds. The van der Waals surface area contributed by atoms with Crippen molar-refractivity contribution in [1.82, 2.24) is 44.5 Å². The van der Waals surface area contributed by atoms with Gasteiger partial charge in [0, 0.05) is 71.2 Å². The number of likely N-dealkylation sites (tertiary alicyclic amines) is 1. The fourth-order valence-electron chi connectivity index (χ4n) is 9.39. The molecule has 1 saturated carbocycles. The van der Waals surface area contributed by atoms with Gasteiger partial charge >= 0.3 is 5.76 Å². The molecule has 1 atom stereocenters. The van der Waals surface area contributed by atoms with Crippen LogP contribution in [0.15, 0.2) is 52.1 Å². The van der Waals surface area contributed by atoms with Gasteiger partial charge in [0.2, 0.25) is 11.8 Å². The molecule has 5 aromatic rings. The molecule has 61 heavy (non-hydrogen) atoms. The molecular weight excluding hydrogens is 793 g/mol. The monoisotopic (exact) mass is 843 g/mol. The van der Waals surface area contributed by atoms with Crippen molar-refractivity contribution in [2.75, 3.05) is 62.6 Å². The summed E-state index contributed by atoms with van der Waals surface area (Å²) in [5, 5.41) is 16.9. The van der Waals surface area contributed by atoms with Crippen LogP contribution >= 0.6 is 0 Å². The number of ether oxygens (including phenoxy) is 1. The smallest absolute Gasteiger partial charge is 0.407 e. The number of piperazine rings is 1. The highest BCUT2D eigenvalue weighted by Gasteiger charge is 2.33. The molecule has 1 aromatic carbocycles. The first kappa shape index (κ1) is 40.9. The number of carbonyl (C=O) groups is 3. The summed E-state index contributed by atoms with van der Waals surface area (Å²) in [6.45, 7) is 6.69. The second kappa shape index (κ2) is 17.8. The minimum absolute atomic E-state index is 0.00252. The van der Waals surface area contributed by atoms with Crippen LogP contribution in [0.3, 0.4) is 0 Å². The SMILES string of the molecule is O=C1CCC(n2c(=O)oc3c(CCCOC4CCN(CC5CCC(n6cc(NC(=O)c7cnn8ccc(N9CCNCC9)nc78)c(C(F)F)n6)CC5)CC4)cccc32)C(=O)N1. The zero-order valence-electron chi connectivity index (χ0n) is 33.9. The minimum atomic E-state index is -2.85. The van der Waals surface area contributed by atoms with Crippen molar-refractivity contribution in [3.8, 4) is 0 Å². The molecule has 0 spiro atoms. The van der Waals surface area contributed by atoms with Gasteiger partial charge in [0.1, 0.15) is 17.4 Å². The lowest BCUT2D eigenvalue weighted by Crippen LogP contribution is -2.43. The lowest BCUT2D eigenvalue weighted by molar-refractivity contribution is -0.135. The lowest BCUT2D eigenvalue weighted by atomic mass is 9.85. The van der Waals surface area contributed by atoms with Gasteiger partial charge in [-0.2, -0.15) is 10.2 Å². The van der Waals surface area contributed by atoms with Crippen molar-refractivity contribution in [3.05, 3.63) is 70.2 Å². The highest BCUT2D eigenvalue weighted by atomic mass is 19.3. The van der Waals surface area contributed by atoms with E-state index in [1.165, 1.54) is 15.3 Å². The van der Waals surface area contributed by atoms with Crippen molar-refractivity contribution < 1.29 is 32.3 Å². The number of carbonyl (C=O) groups excluding carboxylic acids is 3. The minimum Gasteiger partial charge on any atom is -0.407 e. The summed E-state index contributed by atoms with van der Waals surface area (Å²) in [5.74, 6) is -0.769. The molecule has 3 saturated heterocycles. The normalized spacial score (nSPS) is 22.1. The summed E-state index contributed by atoms with van der Waals surface area (Å²) in [7, 11) is 0. The molecule has 9 rings (SSSR count). The van der Waals surface area contributed by atoms with Gasteiger partial charge in [0.25, 0.3) is 12.3 Å². The second-order valence-corrected chi connectivity index (χ2v) is 16.6. The van der Waals surface area contributed by atoms with Gasteiger partial charge in [-0.05, 0) is 81.4 Å². The Morgan fingerprint density at radius 3 is 2.57 bits per heavy atom. The Kier molecular flexibility index (Phi) is 11.9. The molecular formula is C42H51F2N11O6. The molecule has 3 N–H and O–H groups in total. The van der Waals surface area contributed by atoms with Gasteiger partial charge in [-0.25, -0.2) is 23.1 Å². The number of para-hydroxylation sites is 1. The van der Waals surface area contributed by atoms with E-state index >= 15 is 0 Å². The zero-order chi connectivity index (χ0) is 42.0. The Morgan fingerprint density at radius 1 is 1.00 bits per heavy atom. The van der Waals surface area contributed by atoms with Crippen LogP contribution in [0, 0.1) is 5.92 Å². The molecule has 4 aromatic heterocycles. The molecule has 3 aliphatic heterocycles. The summed E-state index contributed by atoms with van der Waals surface area (Å²) in [6, 6.07) is 6.58. The van der Waals surface area contributed by atoms with E-state index in [-0.39, 0.29) is 42.1 Å². The predicted molar refractivity (Wildman–Crippen MR) is 220 cm³/mol. The average Bonchev–Trinajstić information content (AvgIpc) is 3.99. The number of oxazole rings is 1. The number of fused-ring (bicyclic) bond motifs is 2. The predicted octanol–water partition coefficient (Wildman–Crippen LogP) is 4.26. The van der Waals surface area contributed by atoms with E-state index in [4.69, 9.17) is 14.1 Å². The summed E-state index contributed by atoms with van der Waals surface area (Å²) in [6.07, 6.45) is 9.26. The van der Waals surface area contributed by atoms with E-state index < -0.39 is 35.7 Å². The van der Waals surface area contributed by atoms with Crippen molar-refractivity contribution in [3.63, 3.8) is 0 Å². The molecule has 1 aliphatic carbocycles. The third kappa shape index (κ3) is 8.81. The number of aromatic nitrogens is 6. The number of hydrogen-bond acceptors (Lipinski definition) is 12. The Labute approximate surface area is 349 Å². The van der Waals surface area contributed by atoms with Crippen LogP contribution < -0.4 is 26.6 Å². The number of nitrogens with one attached hydrogen (secondary N) is 3. The van der Waals surface area contributed by atoms with Crippen molar-refractivity contribution in [2.45, 2.75) is 88.8 Å². The molecule has 0 bridgehead atoms. The van der Waals surface area contributed by atoms with Crippen LogP contribution in [-0.4, -0.2) is 110 Å². The van der Waals surface area contributed by atoms with E-state index in [1.54, 1.807) is 23.1 Å². The third-order valence-electron chi connectivity index (χ3n) is 12.7. The van der Waals surface area contributed by atoms with Gasteiger partial charge in [-0.1, -0.05) is 12.1 Å². The number of anilines is 2. The maximum absolute atomic E-state index is 14.2. The first-order valence-corrected chi connectivity index (χ1v) is 21.5. The van der Waals surface area contributed by atoms with Gasteiger partial charge in [-0.15, -0.1) is 0 Å². The van der Waals surface area contributed by atoms with E-state index in [2.05, 4.69) is 35.9 Å². The maximum Gasteiger partial charge on any atom is 0.420 e. The molecule has 17 nitrogen and oxygen atoms in total. The number of hydrogen-bond donors (Lipinski definition) is 3. The lowest BCUT2D eigenvalue weighted by Gasteiger charge is -2.36. The summed E-state index contributed by atoms with van der Waals surface area (Å²) in [4.78, 5) is 59.7. The molecule has 19 heteroatoms. The summed E-state index contributed by atoms with van der Waals surface area (Å²) >= 11 is 0. The highest BCUT2D eigenvalue weighted by molar-refractivity contribution is 6.08. The fourth-order valence-corrected chi connectivity index (χ4v) is 9.39. The van der Waals surface area contributed by atoms with Crippen LogP contribution in [0.1, 0.15) is 97.9 Å². The molecule has 324 valence electrons. The largest absolute Gasteiger partial charge is 0.420 e. The number of rotatable bonds is 13. The number of imide groups is 1. The third-order valence-corrected chi connectivity index (χ3v) is 12.7. The Hall–Kier alpha value is -5.53. The highest BCUT2D eigenvalue weighted by Crippen LogP contribution is 2.36. The van der Waals surface area contributed by atoms with Crippen LogP contribution in [0.25, 0.3) is 16.7 Å². The molecule has 4 aliphatic rings. The van der Waals surface area contributed by atoms with Gasteiger partial charge in [-0.3, -0.25) is 28.9 Å². The Morgan fingerprint density at radius 2 is 1.80 bits per heavy atom. The molecule has 1 unspecified atom stereocenters. The number of piperidine rings is 2. The first-order chi connectivity index (χ1) is 29.7. The number of benzene rings is 1. The summed E-state index contributed by atoms with van der Waals surface area (Å²) in [5.41, 5.74) is 2.00. The summed E-state index contributed by atoms with van der Waals surface area (Å²) < 4.78 is 44.9. The van der Waals surface area contributed by atoms with Gasteiger partial charge in [0.15, 0.2) is 16.9 Å². The fraction of sp³-hybridized carbons (Fsp3) is 0.548. The van der Waals surface area contributed by atoms with Crippen molar-refractivity contribution in [1.29, 1.82) is 0 Å². The maximum atomic E-state index is 14.2. The first-order valence-electron chi connectivity index (χ1n) is 21.5. The number of aryl methyl sites for hydroxylation is 1. The van der Waals surface area contributed by atoms with E-state index in [0.29, 0.717) is 35.7 Å². The van der Waals surface area contributed by atoms with E-state index in [9.17, 15) is 28.0 Å². The number of halogens is 2. The van der Waals surface area contributed by atoms with Crippen LogP contribution in [0.2, 0.25) is 0 Å². The average molecular weight is 844 g/mol. The second-order valence-electron chi connectivity index (χ2n) is 16.6. The van der Waals surface area contributed by atoms with E-state index in [1.807, 2.05) is 18.2 Å². The van der Waals surface area contributed by atoms with Gasteiger partial charge in [0.05, 0.1) is 29.5 Å². The topological polar surface area (TPSA) is 186 Å². The molecule has 0 radical (unpaired) electrons. The van der Waals surface area contributed by atoms with Crippen molar-refractivity contribution in [2.24, 2.45) is 5.92 Å². The number of alkyl halides is 2. The van der Waals surface area contributed by atoms with Gasteiger partial charge < -0.3 is 29.6 Å². The molecule has 7 heterocycles. The van der Waals surface area contributed by atoms with Crippen molar-refractivity contribution >= 4 is 46.0 Å². The van der Waals surface area contributed by atoms with Crippen LogP contribution in [-0.2, 0) is 20.7 Å². The zero-order valence-corrected chi connectivity index (χ0v) is 33.9. The Balaban J connectivity index is 0.724. The van der Waals surface area contributed by atoms with Crippen LogP contribution in [0.4, 0.5) is 20.3 Å². The van der Waals surface area contributed by atoms with E-state index in [0.717, 1.165) is 102 Å². The number of amides is 3. The Bertz CT molecular complexity index is 2440. The van der Waals surface area contributed by atoms with Crippen LogP contribution in [0.5, 0.6) is 0 Å². The quantitative estimate of drug-likeness (QED) is 0.113. The molecule has 4 fully saturated rings. The standard InChI is InChI=1S/C42H51F2N11O6/c43-38(44)36-31(47-40(57)30-23-46-53-19-14-34(48-39(30)53)52-20-15-45-16-21-52)25-54(50-36)28-8-6-26(7-9-28)24-51-17-12-29(13-18-51)60-22-2-4-27-3-1-5-32-37(27)61-42(59)55(32)33-10-11-35(56)49-41(33)58/h1,3,5,14,19,23,25-26,28-29,33,38,45H,2,4,6-13,15-18,20-22,24H2,(H,47,57)(H,49,56,58). The number of nitrogens with zero attached hydrogens (tertiary/aromatic N) is 8.